The first-order chi connectivity index (χ1) is 12.4. The molecule has 132 valence electrons. The summed E-state index contributed by atoms with van der Waals surface area (Å²) in [5, 5.41) is 1.37. The molecule has 0 spiro atoms. The molecule has 2 aromatic carbocycles. The number of hydrogen-bond donors (Lipinski definition) is 0. The van der Waals surface area contributed by atoms with Crippen molar-refractivity contribution in [3.63, 3.8) is 0 Å². The van der Waals surface area contributed by atoms with Gasteiger partial charge in [-0.2, -0.15) is 0 Å². The van der Waals surface area contributed by atoms with Gasteiger partial charge in [-0.1, -0.05) is 42.5 Å². The van der Waals surface area contributed by atoms with Gasteiger partial charge in [0.2, 0.25) is 0 Å². The van der Waals surface area contributed by atoms with Crippen LogP contribution in [-0.4, -0.2) is 18.3 Å². The van der Waals surface area contributed by atoms with Crippen LogP contribution in [0.1, 0.15) is 44.0 Å². The Morgan fingerprint density at radius 3 is 2.35 bits per heavy atom. The normalized spacial score (nSPS) is 23.1. The fraction of sp³-hybridized carbons (Fsp3) is 0.364. The van der Waals surface area contributed by atoms with Crippen LogP contribution in [0.5, 0.6) is 0 Å². The Hall–Kier alpha value is -1.62. The monoisotopic (exact) mass is 362 g/mol. The molecule has 0 saturated carbocycles. The molecule has 1 saturated heterocycles. The van der Waals surface area contributed by atoms with E-state index in [0.29, 0.717) is 0 Å². The van der Waals surface area contributed by atoms with Crippen molar-refractivity contribution in [3.05, 3.63) is 59.0 Å². The third kappa shape index (κ3) is 2.25. The van der Waals surface area contributed by atoms with Gasteiger partial charge in [0, 0.05) is 26.3 Å². The average Bonchev–Trinajstić information content (AvgIpc) is 3.08. The Bertz CT molecular complexity index is 988. The summed E-state index contributed by atoms with van der Waals surface area (Å²) in [5.74, 6) is 0.229. The highest BCUT2D eigenvalue weighted by atomic mass is 32.1. The van der Waals surface area contributed by atoms with E-state index in [1.165, 1.54) is 31.7 Å². The molecule has 1 aromatic heterocycles. The quantitative estimate of drug-likeness (QED) is 0.507. The topological polar surface area (TPSA) is 18.5 Å². The summed E-state index contributed by atoms with van der Waals surface area (Å²) in [6.07, 6.45) is 0.975. The molecule has 1 aliphatic carbocycles. The van der Waals surface area contributed by atoms with E-state index in [0.717, 1.165) is 6.42 Å². The second-order valence-corrected chi connectivity index (χ2v) is 9.56. The highest BCUT2D eigenvalue weighted by Gasteiger charge is 2.54. The first kappa shape index (κ1) is 16.6. The molecule has 0 radical (unpaired) electrons. The number of benzene rings is 2. The lowest BCUT2D eigenvalue weighted by Crippen LogP contribution is -2.41. The zero-order valence-corrected chi connectivity index (χ0v) is 16.5. The van der Waals surface area contributed by atoms with E-state index in [2.05, 4.69) is 76.2 Å². The molecule has 0 amide bonds. The molecule has 4 heteroatoms. The van der Waals surface area contributed by atoms with Crippen LogP contribution in [0.15, 0.2) is 48.5 Å². The molecule has 1 aliphatic heterocycles. The molecule has 1 atom stereocenters. The molecule has 3 aromatic rings. The van der Waals surface area contributed by atoms with Crippen molar-refractivity contribution in [1.82, 2.24) is 0 Å². The van der Waals surface area contributed by atoms with Gasteiger partial charge in [-0.05, 0) is 51.3 Å². The Labute approximate surface area is 159 Å². The number of rotatable bonds is 1. The van der Waals surface area contributed by atoms with Crippen molar-refractivity contribution in [1.29, 1.82) is 0 Å². The molecule has 2 aliphatic rings. The first-order valence-corrected chi connectivity index (χ1v) is 10.1. The van der Waals surface area contributed by atoms with Crippen molar-refractivity contribution < 1.29 is 9.31 Å². The van der Waals surface area contributed by atoms with Crippen molar-refractivity contribution in [3.8, 4) is 11.1 Å². The predicted molar refractivity (Wildman–Crippen MR) is 110 cm³/mol. The highest BCUT2D eigenvalue weighted by molar-refractivity contribution is 7.19. The summed E-state index contributed by atoms with van der Waals surface area (Å²) in [6.45, 7) is 8.53. The van der Waals surface area contributed by atoms with Gasteiger partial charge in [0.15, 0.2) is 0 Å². The fourth-order valence-electron chi connectivity index (χ4n) is 4.19. The second kappa shape index (κ2) is 5.45. The van der Waals surface area contributed by atoms with Crippen molar-refractivity contribution in [2.24, 2.45) is 0 Å². The SMILES string of the molecule is CC1(C)OB(C2Cc3sc4ccccc4c3-c3ccccc32)OC1(C)C. The third-order valence-electron chi connectivity index (χ3n) is 6.30. The minimum Gasteiger partial charge on any atom is -0.403 e. The van der Waals surface area contributed by atoms with E-state index in [1.807, 2.05) is 11.3 Å². The van der Waals surface area contributed by atoms with Crippen LogP contribution in [0, 0.1) is 0 Å². The lowest BCUT2D eigenvalue weighted by Gasteiger charge is -2.32. The molecule has 0 bridgehead atoms. The van der Waals surface area contributed by atoms with Gasteiger partial charge in [0.1, 0.15) is 0 Å². The van der Waals surface area contributed by atoms with Gasteiger partial charge in [0.05, 0.1) is 11.2 Å². The Morgan fingerprint density at radius 1 is 0.923 bits per heavy atom. The Balaban J connectivity index is 1.65. The van der Waals surface area contributed by atoms with Crippen molar-refractivity contribution in [2.75, 3.05) is 0 Å². The maximum atomic E-state index is 6.43. The van der Waals surface area contributed by atoms with E-state index in [1.54, 1.807) is 0 Å². The average molecular weight is 362 g/mol. The van der Waals surface area contributed by atoms with Crippen LogP contribution >= 0.6 is 11.3 Å². The molecule has 1 fully saturated rings. The number of fused-ring (bicyclic) bond motifs is 5. The molecule has 1 unspecified atom stereocenters. The van der Waals surface area contributed by atoms with Crippen LogP contribution < -0.4 is 0 Å². The molecule has 2 nitrogen and oxygen atoms in total. The molecular formula is C22H23BO2S. The highest BCUT2D eigenvalue weighted by Crippen LogP contribution is 2.50. The Kier molecular flexibility index (Phi) is 3.47. The van der Waals surface area contributed by atoms with Crippen molar-refractivity contribution in [2.45, 2.75) is 51.1 Å². The fourth-order valence-corrected chi connectivity index (χ4v) is 5.47. The summed E-state index contributed by atoms with van der Waals surface area (Å²) < 4.78 is 14.2. The minimum absolute atomic E-state index is 0.209. The smallest absolute Gasteiger partial charge is 0.403 e. The van der Waals surface area contributed by atoms with E-state index in [9.17, 15) is 0 Å². The van der Waals surface area contributed by atoms with Crippen LogP contribution in [0.25, 0.3) is 21.2 Å². The standard InChI is InChI=1S/C22H23BO2S/c1-21(2)22(3,4)25-23(24-21)17-13-19-20(15-10-6-5-9-14(15)17)16-11-7-8-12-18(16)26-19/h5-12,17H,13H2,1-4H3. The summed E-state index contributed by atoms with van der Waals surface area (Å²) in [5.41, 5.74) is 3.50. The van der Waals surface area contributed by atoms with Crippen LogP contribution in [0.2, 0.25) is 0 Å². The van der Waals surface area contributed by atoms with Crippen LogP contribution in [0.3, 0.4) is 0 Å². The van der Waals surface area contributed by atoms with E-state index < -0.39 is 0 Å². The zero-order chi connectivity index (χ0) is 18.1. The van der Waals surface area contributed by atoms with Crippen LogP contribution in [-0.2, 0) is 15.7 Å². The van der Waals surface area contributed by atoms with Crippen molar-refractivity contribution >= 4 is 28.5 Å². The number of thiophene rings is 1. The van der Waals surface area contributed by atoms with Gasteiger partial charge < -0.3 is 9.31 Å². The first-order valence-electron chi connectivity index (χ1n) is 9.33. The largest absolute Gasteiger partial charge is 0.466 e. The minimum atomic E-state index is -0.299. The van der Waals surface area contributed by atoms with Gasteiger partial charge >= 0.3 is 7.12 Å². The third-order valence-corrected chi connectivity index (χ3v) is 7.50. The predicted octanol–water partition coefficient (Wildman–Crippen LogP) is 5.84. The maximum Gasteiger partial charge on any atom is 0.466 e. The lowest BCUT2D eigenvalue weighted by molar-refractivity contribution is 0.00578. The zero-order valence-electron chi connectivity index (χ0n) is 15.7. The second-order valence-electron chi connectivity index (χ2n) is 8.42. The van der Waals surface area contributed by atoms with Gasteiger partial charge in [-0.25, -0.2) is 0 Å². The summed E-state index contributed by atoms with van der Waals surface area (Å²) in [6, 6.07) is 17.5. The Morgan fingerprint density at radius 2 is 1.58 bits per heavy atom. The summed E-state index contributed by atoms with van der Waals surface area (Å²) in [7, 11) is -0.209. The van der Waals surface area contributed by atoms with E-state index >= 15 is 0 Å². The molecular weight excluding hydrogens is 339 g/mol. The van der Waals surface area contributed by atoms with Crippen LogP contribution in [0.4, 0.5) is 0 Å². The molecule has 2 heterocycles. The summed E-state index contributed by atoms with van der Waals surface area (Å²) >= 11 is 1.91. The maximum absolute atomic E-state index is 6.43. The van der Waals surface area contributed by atoms with Gasteiger partial charge in [-0.3, -0.25) is 0 Å². The summed E-state index contributed by atoms with van der Waals surface area (Å²) in [4.78, 5) is 1.45. The lowest BCUT2D eigenvalue weighted by atomic mass is 9.62. The van der Waals surface area contributed by atoms with Gasteiger partial charge in [0.25, 0.3) is 0 Å². The van der Waals surface area contributed by atoms with E-state index in [4.69, 9.17) is 9.31 Å². The van der Waals surface area contributed by atoms with E-state index in [-0.39, 0.29) is 24.1 Å². The molecule has 5 rings (SSSR count). The number of hydrogen-bond acceptors (Lipinski definition) is 3. The van der Waals surface area contributed by atoms with Gasteiger partial charge in [-0.15, -0.1) is 11.3 Å². The molecule has 26 heavy (non-hydrogen) atoms. The molecule has 0 N–H and O–H groups in total.